The highest BCUT2D eigenvalue weighted by Crippen LogP contribution is 2.30. The Morgan fingerprint density at radius 1 is 0.690 bits per heavy atom. The third-order valence-corrected chi connectivity index (χ3v) is 5.65. The van der Waals surface area contributed by atoms with Gasteiger partial charge in [-0.25, -0.2) is 15.0 Å². The lowest BCUT2D eigenvalue weighted by atomic mass is 9.89. The molecule has 3 aromatic carbocycles. The van der Waals surface area contributed by atoms with E-state index in [4.69, 9.17) is 15.0 Å². The van der Waals surface area contributed by atoms with Gasteiger partial charge in [0.1, 0.15) is 5.82 Å². The monoisotopic (exact) mass is 439 g/mol. The normalized spacial score (nSPS) is 15.1. The molecule has 140 valence electrons. The molecule has 4 heteroatoms. The molecule has 0 saturated carbocycles. The van der Waals surface area contributed by atoms with Crippen LogP contribution in [-0.4, -0.2) is 15.0 Å². The zero-order chi connectivity index (χ0) is 19.6. The Bertz CT molecular complexity index is 1180. The van der Waals surface area contributed by atoms with Crippen molar-refractivity contribution in [3.63, 3.8) is 0 Å². The fraction of sp³-hybridized carbons (Fsp3) is 0.0800. The smallest absolute Gasteiger partial charge is 0.163 e. The van der Waals surface area contributed by atoms with Crippen molar-refractivity contribution in [3.8, 4) is 22.8 Å². The van der Waals surface area contributed by atoms with Crippen molar-refractivity contribution in [1.82, 2.24) is 15.0 Å². The van der Waals surface area contributed by atoms with Crippen LogP contribution < -0.4 is 0 Å². The maximum atomic E-state index is 4.87. The van der Waals surface area contributed by atoms with Crippen LogP contribution in [0.25, 0.3) is 28.9 Å². The van der Waals surface area contributed by atoms with Crippen LogP contribution in [0.15, 0.2) is 89.4 Å². The third kappa shape index (κ3) is 3.76. The number of halogens is 1. The van der Waals surface area contributed by atoms with E-state index < -0.39 is 0 Å². The molecule has 5 rings (SSSR count). The van der Waals surface area contributed by atoms with E-state index in [-0.39, 0.29) is 5.92 Å². The zero-order valence-corrected chi connectivity index (χ0v) is 17.3. The second kappa shape index (κ2) is 7.72. The summed E-state index contributed by atoms with van der Waals surface area (Å²) in [5.41, 5.74) is 4.57. The van der Waals surface area contributed by atoms with Crippen molar-refractivity contribution >= 4 is 22.0 Å². The predicted octanol–water partition coefficient (Wildman–Crippen LogP) is 6.32. The minimum absolute atomic E-state index is 0.129. The topological polar surface area (TPSA) is 38.7 Å². The highest BCUT2D eigenvalue weighted by molar-refractivity contribution is 9.10. The molecular weight excluding hydrogens is 422 g/mol. The van der Waals surface area contributed by atoms with Crippen molar-refractivity contribution in [1.29, 1.82) is 0 Å². The Kier molecular flexibility index (Phi) is 4.78. The lowest BCUT2D eigenvalue weighted by Crippen LogP contribution is -2.12. The molecular formula is C25H18BrN3. The Hall–Kier alpha value is -3.11. The van der Waals surface area contributed by atoms with Crippen LogP contribution in [0, 0.1) is 0 Å². The molecule has 0 amide bonds. The van der Waals surface area contributed by atoms with Gasteiger partial charge in [0.25, 0.3) is 0 Å². The number of nitrogens with zero attached hydrogens (tertiary/aromatic N) is 3. The van der Waals surface area contributed by atoms with Gasteiger partial charge in [-0.3, -0.25) is 0 Å². The molecule has 1 atom stereocenters. The molecule has 0 saturated heterocycles. The van der Waals surface area contributed by atoms with E-state index in [9.17, 15) is 0 Å². The fourth-order valence-corrected chi connectivity index (χ4v) is 3.85. The van der Waals surface area contributed by atoms with Gasteiger partial charge in [0.15, 0.2) is 11.6 Å². The van der Waals surface area contributed by atoms with Gasteiger partial charge < -0.3 is 0 Å². The first-order valence-corrected chi connectivity index (χ1v) is 10.4. The first-order valence-electron chi connectivity index (χ1n) is 9.60. The Morgan fingerprint density at radius 2 is 1.34 bits per heavy atom. The number of hydrogen-bond donors (Lipinski definition) is 0. The number of rotatable bonds is 3. The summed E-state index contributed by atoms with van der Waals surface area (Å²) >= 11 is 3.50. The zero-order valence-electron chi connectivity index (χ0n) is 15.7. The second-order valence-electron chi connectivity index (χ2n) is 7.08. The van der Waals surface area contributed by atoms with E-state index >= 15 is 0 Å². The standard InChI is InChI=1S/C25H18BrN3/c26-22-14-12-19(13-15-22)24-27-23(18-7-2-1-3-8-18)28-25(29-24)21-11-10-17-6-4-5-9-20(17)16-21/h1-15,21H,16H2. The summed E-state index contributed by atoms with van der Waals surface area (Å²) in [7, 11) is 0. The van der Waals surface area contributed by atoms with E-state index in [1.807, 2.05) is 54.6 Å². The molecule has 1 aromatic heterocycles. The van der Waals surface area contributed by atoms with Crippen LogP contribution in [0.5, 0.6) is 0 Å². The molecule has 1 aliphatic rings. The lowest BCUT2D eigenvalue weighted by Gasteiger charge is -2.19. The fourth-order valence-electron chi connectivity index (χ4n) is 3.59. The summed E-state index contributed by atoms with van der Waals surface area (Å²) in [6, 6.07) is 26.7. The molecule has 29 heavy (non-hydrogen) atoms. The molecule has 0 bridgehead atoms. The van der Waals surface area contributed by atoms with Gasteiger partial charge in [-0.1, -0.05) is 94.8 Å². The van der Waals surface area contributed by atoms with Crippen LogP contribution in [-0.2, 0) is 6.42 Å². The largest absolute Gasteiger partial charge is 0.212 e. The summed E-state index contributed by atoms with van der Waals surface area (Å²) in [5, 5.41) is 0. The number of allylic oxidation sites excluding steroid dienone is 1. The van der Waals surface area contributed by atoms with Crippen LogP contribution in [0.1, 0.15) is 22.9 Å². The average Bonchev–Trinajstić information content (AvgIpc) is 2.79. The number of benzene rings is 3. The van der Waals surface area contributed by atoms with Gasteiger partial charge in [0, 0.05) is 21.5 Å². The SMILES string of the molecule is Brc1ccc(-c2nc(-c3ccccc3)nc(C3C=Cc4ccccc4C3)n2)cc1. The van der Waals surface area contributed by atoms with E-state index in [2.05, 4.69) is 52.3 Å². The molecule has 3 nitrogen and oxygen atoms in total. The maximum Gasteiger partial charge on any atom is 0.163 e. The van der Waals surface area contributed by atoms with E-state index in [0.717, 1.165) is 27.8 Å². The molecule has 1 unspecified atom stereocenters. The summed E-state index contributed by atoms with van der Waals surface area (Å²) in [4.78, 5) is 14.5. The Balaban J connectivity index is 1.61. The number of fused-ring (bicyclic) bond motifs is 1. The van der Waals surface area contributed by atoms with Crippen molar-refractivity contribution < 1.29 is 0 Å². The van der Waals surface area contributed by atoms with Crippen LogP contribution >= 0.6 is 15.9 Å². The van der Waals surface area contributed by atoms with E-state index in [0.29, 0.717) is 11.6 Å². The molecule has 4 aromatic rings. The van der Waals surface area contributed by atoms with E-state index in [1.165, 1.54) is 11.1 Å². The molecule has 0 spiro atoms. The van der Waals surface area contributed by atoms with Gasteiger partial charge in [-0.05, 0) is 29.7 Å². The number of hydrogen-bond acceptors (Lipinski definition) is 3. The van der Waals surface area contributed by atoms with Gasteiger partial charge in [-0.2, -0.15) is 0 Å². The second-order valence-corrected chi connectivity index (χ2v) is 8.00. The highest BCUT2D eigenvalue weighted by atomic mass is 79.9. The molecule has 1 aliphatic carbocycles. The van der Waals surface area contributed by atoms with Gasteiger partial charge in [0.05, 0.1) is 0 Å². The van der Waals surface area contributed by atoms with Gasteiger partial charge >= 0.3 is 0 Å². The number of aromatic nitrogens is 3. The summed E-state index contributed by atoms with van der Waals surface area (Å²) in [6.07, 6.45) is 5.28. The quantitative estimate of drug-likeness (QED) is 0.374. The maximum absolute atomic E-state index is 4.87. The van der Waals surface area contributed by atoms with Crippen LogP contribution in [0.3, 0.4) is 0 Å². The van der Waals surface area contributed by atoms with Crippen LogP contribution in [0.2, 0.25) is 0 Å². The van der Waals surface area contributed by atoms with Crippen molar-refractivity contribution in [2.45, 2.75) is 12.3 Å². The first kappa shape index (κ1) is 18.0. The summed E-state index contributed by atoms with van der Waals surface area (Å²) < 4.78 is 1.03. The van der Waals surface area contributed by atoms with E-state index in [1.54, 1.807) is 0 Å². The average molecular weight is 440 g/mol. The minimum atomic E-state index is 0.129. The highest BCUT2D eigenvalue weighted by Gasteiger charge is 2.20. The molecule has 0 radical (unpaired) electrons. The van der Waals surface area contributed by atoms with Crippen molar-refractivity contribution in [2.75, 3.05) is 0 Å². The molecule has 0 N–H and O–H groups in total. The summed E-state index contributed by atoms with van der Waals surface area (Å²) in [5.74, 6) is 2.35. The Labute approximate surface area is 178 Å². The molecule has 0 fully saturated rings. The van der Waals surface area contributed by atoms with Crippen molar-refractivity contribution in [3.05, 3.63) is 106 Å². The van der Waals surface area contributed by atoms with Gasteiger partial charge in [-0.15, -0.1) is 0 Å². The van der Waals surface area contributed by atoms with Crippen molar-refractivity contribution in [2.24, 2.45) is 0 Å². The third-order valence-electron chi connectivity index (χ3n) is 5.12. The predicted molar refractivity (Wildman–Crippen MR) is 120 cm³/mol. The molecule has 1 heterocycles. The summed E-state index contributed by atoms with van der Waals surface area (Å²) in [6.45, 7) is 0. The van der Waals surface area contributed by atoms with Crippen LogP contribution in [0.4, 0.5) is 0 Å². The Morgan fingerprint density at radius 3 is 2.10 bits per heavy atom. The molecule has 0 aliphatic heterocycles. The minimum Gasteiger partial charge on any atom is -0.212 e. The first-order chi connectivity index (χ1) is 14.3. The van der Waals surface area contributed by atoms with Gasteiger partial charge in [0.2, 0.25) is 0 Å². The lowest BCUT2D eigenvalue weighted by molar-refractivity contribution is 0.748.